The predicted octanol–water partition coefficient (Wildman–Crippen LogP) is 10.6. The first-order chi connectivity index (χ1) is 21.0. The van der Waals surface area contributed by atoms with Crippen molar-refractivity contribution < 1.29 is 13.2 Å². The highest BCUT2D eigenvalue weighted by Crippen LogP contribution is 2.32. The maximum atomic E-state index is 13.7. The summed E-state index contributed by atoms with van der Waals surface area (Å²) in [4.78, 5) is 2.06. The van der Waals surface area contributed by atoms with Crippen molar-refractivity contribution in [1.82, 2.24) is 0 Å². The van der Waals surface area contributed by atoms with Crippen molar-refractivity contribution in [3.63, 3.8) is 0 Å². The second-order valence-corrected chi connectivity index (χ2v) is 10.3. The molecule has 43 heavy (non-hydrogen) atoms. The van der Waals surface area contributed by atoms with Gasteiger partial charge in [0, 0.05) is 18.8 Å². The average Bonchev–Trinajstić information content (AvgIpc) is 3.05. The van der Waals surface area contributed by atoms with E-state index in [-0.39, 0.29) is 0 Å². The van der Waals surface area contributed by atoms with E-state index < -0.39 is 11.7 Å². The van der Waals surface area contributed by atoms with Crippen molar-refractivity contribution in [1.29, 1.82) is 0 Å². The summed E-state index contributed by atoms with van der Waals surface area (Å²) in [5.41, 5.74) is 6.59. The van der Waals surface area contributed by atoms with Crippen LogP contribution in [0.15, 0.2) is 158 Å². The molecule has 0 heterocycles. The molecule has 1 nitrogen and oxygen atoms in total. The molecule has 0 unspecified atom stereocenters. The molecule has 0 aromatic heterocycles. The number of hydrogen-bond donors (Lipinski definition) is 0. The molecule has 0 spiro atoms. The Hall–Kier alpha value is -4.83. The Morgan fingerprint density at radius 3 is 1.21 bits per heavy atom. The molecule has 0 saturated heterocycles. The molecule has 5 aromatic carbocycles. The van der Waals surface area contributed by atoms with Crippen LogP contribution in [0.2, 0.25) is 0 Å². The normalized spacial score (nSPS) is 11.0. The van der Waals surface area contributed by atoms with Crippen LogP contribution in [0, 0.1) is 0 Å². The third-order valence-corrected chi connectivity index (χ3v) is 7.37. The van der Waals surface area contributed by atoms with E-state index in [2.05, 4.69) is 65.6 Å². The van der Waals surface area contributed by atoms with Gasteiger partial charge < -0.3 is 4.90 Å². The monoisotopic (exact) mass is 573 g/mol. The summed E-state index contributed by atoms with van der Waals surface area (Å²) in [6.45, 7) is 1.15. The van der Waals surface area contributed by atoms with Crippen LogP contribution in [0.4, 0.5) is 18.9 Å². The summed E-state index contributed by atoms with van der Waals surface area (Å²) in [5.74, 6) is 0. The molecule has 5 aromatic rings. The second kappa shape index (κ2) is 14.4. The zero-order chi connectivity index (χ0) is 29.9. The number of benzene rings is 5. The molecule has 0 bridgehead atoms. The molecule has 0 aliphatic carbocycles. The van der Waals surface area contributed by atoms with Crippen molar-refractivity contribution in [2.75, 3.05) is 18.0 Å². The molecule has 0 saturated carbocycles. The topological polar surface area (TPSA) is 3.24 Å². The van der Waals surface area contributed by atoms with Crippen LogP contribution in [-0.2, 0) is 6.18 Å². The molecule has 0 aliphatic heterocycles. The van der Waals surface area contributed by atoms with Crippen molar-refractivity contribution in [2.24, 2.45) is 0 Å². The van der Waals surface area contributed by atoms with Gasteiger partial charge >= 0.3 is 6.18 Å². The van der Waals surface area contributed by atoms with E-state index in [4.69, 9.17) is 0 Å². The minimum atomic E-state index is -4.40. The second-order valence-electron chi connectivity index (χ2n) is 10.3. The van der Waals surface area contributed by atoms with Crippen LogP contribution in [-0.4, -0.2) is 13.1 Å². The highest BCUT2D eigenvalue weighted by molar-refractivity contribution is 5.80. The summed E-state index contributed by atoms with van der Waals surface area (Å²) in [7, 11) is 0. The molecule has 0 fully saturated rings. The molecular weight excluding hydrogens is 539 g/mol. The van der Waals surface area contributed by atoms with E-state index in [0.717, 1.165) is 39.5 Å². The SMILES string of the molecule is FC(F)(F)c1cccc(N(CCC=C(c2ccccc2)c2ccccc2)CCC=C(c2ccccc2)c2ccccc2)c1. The Bertz CT molecular complexity index is 1440. The largest absolute Gasteiger partial charge is 0.416 e. The molecule has 216 valence electrons. The first kappa shape index (κ1) is 29.7. The fraction of sp³-hybridized carbons (Fsp3) is 0.128. The van der Waals surface area contributed by atoms with Crippen LogP contribution in [0.3, 0.4) is 0 Å². The Morgan fingerprint density at radius 2 is 0.860 bits per heavy atom. The molecule has 0 N–H and O–H groups in total. The maximum absolute atomic E-state index is 13.7. The van der Waals surface area contributed by atoms with Crippen molar-refractivity contribution in [3.8, 4) is 0 Å². The zero-order valence-electron chi connectivity index (χ0n) is 23.9. The first-order valence-corrected chi connectivity index (χ1v) is 14.5. The Balaban J connectivity index is 1.43. The van der Waals surface area contributed by atoms with Crippen LogP contribution in [0.1, 0.15) is 40.7 Å². The molecule has 5 rings (SSSR count). The standard InChI is InChI=1S/C39H34F3N/c40-39(41,42)35-24-13-25-36(30-35)43(28-14-26-37(31-16-5-1-6-17-31)32-18-7-2-8-19-32)29-15-27-38(33-20-9-3-10-21-33)34-22-11-4-12-23-34/h1-13,16-27,30H,14-15,28-29H2. The lowest BCUT2D eigenvalue weighted by molar-refractivity contribution is -0.137. The van der Waals surface area contributed by atoms with Gasteiger partial charge in [-0.15, -0.1) is 0 Å². The third kappa shape index (κ3) is 8.14. The van der Waals surface area contributed by atoms with Gasteiger partial charge in [-0.1, -0.05) is 140 Å². The maximum Gasteiger partial charge on any atom is 0.416 e. The number of halogens is 3. The highest BCUT2D eigenvalue weighted by atomic mass is 19.4. The van der Waals surface area contributed by atoms with Gasteiger partial charge in [-0.25, -0.2) is 0 Å². The van der Waals surface area contributed by atoms with E-state index in [1.807, 2.05) is 72.8 Å². The number of rotatable bonds is 11. The van der Waals surface area contributed by atoms with E-state index in [1.54, 1.807) is 6.07 Å². The summed E-state index contributed by atoms with van der Waals surface area (Å²) < 4.78 is 41.0. The quantitative estimate of drug-likeness (QED) is 0.152. The molecule has 0 amide bonds. The summed E-state index contributed by atoms with van der Waals surface area (Å²) >= 11 is 0. The van der Waals surface area contributed by atoms with Crippen molar-refractivity contribution >= 4 is 16.8 Å². The molecular formula is C39H34F3N. The number of anilines is 1. The Kier molecular flexibility index (Phi) is 9.91. The summed E-state index contributed by atoms with van der Waals surface area (Å²) in [6.07, 6.45) is 1.33. The van der Waals surface area contributed by atoms with Gasteiger partial charge in [0.25, 0.3) is 0 Å². The van der Waals surface area contributed by atoms with E-state index in [1.165, 1.54) is 12.1 Å². The summed E-state index contributed by atoms with van der Waals surface area (Å²) in [6, 6.07) is 46.5. The van der Waals surface area contributed by atoms with E-state index >= 15 is 0 Å². The number of alkyl halides is 3. The lowest BCUT2D eigenvalue weighted by Crippen LogP contribution is -2.25. The third-order valence-electron chi connectivity index (χ3n) is 7.37. The van der Waals surface area contributed by atoms with Crippen molar-refractivity contribution in [3.05, 3.63) is 186 Å². The van der Waals surface area contributed by atoms with Crippen LogP contribution in [0.5, 0.6) is 0 Å². The van der Waals surface area contributed by atoms with Gasteiger partial charge in [-0.05, 0) is 64.4 Å². The van der Waals surface area contributed by atoms with Crippen molar-refractivity contribution in [2.45, 2.75) is 19.0 Å². The lowest BCUT2D eigenvalue weighted by Gasteiger charge is -2.25. The minimum Gasteiger partial charge on any atom is -0.371 e. The summed E-state index contributed by atoms with van der Waals surface area (Å²) in [5, 5.41) is 0. The average molecular weight is 574 g/mol. The van der Waals surface area contributed by atoms with Crippen LogP contribution in [0.25, 0.3) is 11.1 Å². The lowest BCUT2D eigenvalue weighted by atomic mass is 9.96. The van der Waals surface area contributed by atoms with Gasteiger partial charge in [0.2, 0.25) is 0 Å². The smallest absolute Gasteiger partial charge is 0.371 e. The van der Waals surface area contributed by atoms with E-state index in [9.17, 15) is 13.2 Å². The number of hydrogen-bond acceptors (Lipinski definition) is 1. The zero-order valence-corrected chi connectivity index (χ0v) is 23.9. The molecule has 0 aliphatic rings. The fourth-order valence-electron chi connectivity index (χ4n) is 5.25. The highest BCUT2D eigenvalue weighted by Gasteiger charge is 2.30. The Labute approximate surface area is 252 Å². The first-order valence-electron chi connectivity index (χ1n) is 14.5. The number of nitrogens with zero attached hydrogens (tertiary/aromatic N) is 1. The van der Waals surface area contributed by atoms with Gasteiger partial charge in [0.15, 0.2) is 0 Å². The van der Waals surface area contributed by atoms with E-state index in [0.29, 0.717) is 31.6 Å². The predicted molar refractivity (Wildman–Crippen MR) is 173 cm³/mol. The Morgan fingerprint density at radius 1 is 0.488 bits per heavy atom. The molecule has 0 radical (unpaired) electrons. The van der Waals surface area contributed by atoms with Gasteiger partial charge in [0.1, 0.15) is 0 Å². The van der Waals surface area contributed by atoms with Crippen LogP contribution < -0.4 is 4.90 Å². The van der Waals surface area contributed by atoms with Gasteiger partial charge in [-0.3, -0.25) is 0 Å². The van der Waals surface area contributed by atoms with Gasteiger partial charge in [0.05, 0.1) is 5.56 Å². The van der Waals surface area contributed by atoms with Crippen LogP contribution >= 0.6 is 0 Å². The molecule has 4 heteroatoms. The fourth-order valence-corrected chi connectivity index (χ4v) is 5.25. The molecule has 0 atom stereocenters. The van der Waals surface area contributed by atoms with Gasteiger partial charge in [-0.2, -0.15) is 13.2 Å². The minimum absolute atomic E-state index is 0.568.